The highest BCUT2D eigenvalue weighted by molar-refractivity contribution is 5.69. The second-order valence-electron chi connectivity index (χ2n) is 4.67. The van der Waals surface area contributed by atoms with Crippen molar-refractivity contribution in [3.05, 3.63) is 59.2 Å². The molecule has 0 amide bonds. The summed E-state index contributed by atoms with van der Waals surface area (Å²) in [6.45, 7) is 1.87. The van der Waals surface area contributed by atoms with E-state index in [1.54, 1.807) is 0 Å². The predicted octanol–water partition coefficient (Wildman–Crippen LogP) is 3.96. The van der Waals surface area contributed by atoms with Crippen LogP contribution in [0.4, 0.5) is 8.78 Å². The molecule has 2 aromatic rings. The van der Waals surface area contributed by atoms with Gasteiger partial charge in [0.05, 0.1) is 0 Å². The second kappa shape index (κ2) is 5.82. The molecule has 2 nitrogen and oxygen atoms in total. The number of benzene rings is 2. The normalized spacial score (nSPS) is 10.6. The molecule has 104 valence electrons. The Morgan fingerprint density at radius 2 is 1.85 bits per heavy atom. The summed E-state index contributed by atoms with van der Waals surface area (Å²) in [6.07, 6.45) is 0.451. The summed E-state index contributed by atoms with van der Waals surface area (Å²) in [5.74, 6) is -2.63. The highest BCUT2D eigenvalue weighted by Gasteiger charge is 2.08. The van der Waals surface area contributed by atoms with Crippen LogP contribution in [-0.2, 0) is 11.2 Å². The van der Waals surface area contributed by atoms with Crippen LogP contribution < -0.4 is 0 Å². The van der Waals surface area contributed by atoms with Crippen LogP contribution in [-0.4, -0.2) is 11.1 Å². The topological polar surface area (TPSA) is 37.3 Å². The molecule has 0 unspecified atom stereocenters. The molecule has 0 saturated heterocycles. The predicted molar refractivity (Wildman–Crippen MR) is 72.5 cm³/mol. The van der Waals surface area contributed by atoms with Crippen LogP contribution in [0.25, 0.3) is 11.1 Å². The average molecular weight is 276 g/mol. The first kappa shape index (κ1) is 14.2. The van der Waals surface area contributed by atoms with Crippen molar-refractivity contribution in [2.24, 2.45) is 0 Å². The summed E-state index contributed by atoms with van der Waals surface area (Å²) in [6, 6.07) is 9.29. The first-order valence-electron chi connectivity index (χ1n) is 6.24. The lowest BCUT2D eigenvalue weighted by atomic mass is 9.96. The van der Waals surface area contributed by atoms with Crippen LogP contribution in [0.15, 0.2) is 36.4 Å². The molecule has 0 atom stereocenters. The van der Waals surface area contributed by atoms with E-state index in [4.69, 9.17) is 5.11 Å². The molecule has 0 aliphatic rings. The third kappa shape index (κ3) is 3.20. The number of carboxylic acid groups (broad SMARTS) is 1. The fourth-order valence-corrected chi connectivity index (χ4v) is 2.05. The van der Waals surface area contributed by atoms with Gasteiger partial charge >= 0.3 is 5.97 Å². The number of aryl methyl sites for hydroxylation is 2. The number of carbonyl (C=O) groups is 1. The van der Waals surface area contributed by atoms with Gasteiger partial charge in [0.15, 0.2) is 11.6 Å². The number of halogens is 2. The summed E-state index contributed by atoms with van der Waals surface area (Å²) >= 11 is 0. The zero-order valence-electron chi connectivity index (χ0n) is 11.0. The number of rotatable bonds is 4. The van der Waals surface area contributed by atoms with Crippen molar-refractivity contribution in [1.29, 1.82) is 0 Å². The monoisotopic (exact) mass is 276 g/mol. The maximum absolute atomic E-state index is 13.3. The second-order valence-corrected chi connectivity index (χ2v) is 4.67. The Bertz CT molecular complexity index is 651. The van der Waals surface area contributed by atoms with Crippen LogP contribution in [0.3, 0.4) is 0 Å². The zero-order valence-corrected chi connectivity index (χ0v) is 11.0. The molecular formula is C16H14F2O2. The average Bonchev–Trinajstić information content (AvgIpc) is 2.41. The molecule has 0 aliphatic carbocycles. The Labute approximate surface area is 115 Å². The molecule has 0 radical (unpaired) electrons. The lowest BCUT2D eigenvalue weighted by Crippen LogP contribution is -1.98. The van der Waals surface area contributed by atoms with Crippen molar-refractivity contribution in [2.45, 2.75) is 19.8 Å². The van der Waals surface area contributed by atoms with Crippen molar-refractivity contribution in [1.82, 2.24) is 0 Å². The molecule has 0 spiro atoms. The molecule has 0 bridgehead atoms. The number of carboxylic acids is 1. The van der Waals surface area contributed by atoms with E-state index < -0.39 is 17.6 Å². The maximum Gasteiger partial charge on any atom is 0.303 e. The van der Waals surface area contributed by atoms with Gasteiger partial charge < -0.3 is 5.11 Å². The van der Waals surface area contributed by atoms with Crippen molar-refractivity contribution >= 4 is 5.97 Å². The van der Waals surface area contributed by atoms with Crippen molar-refractivity contribution in [3.8, 4) is 11.1 Å². The van der Waals surface area contributed by atoms with Crippen LogP contribution in [0, 0.1) is 18.6 Å². The standard InChI is InChI=1S/C16H14F2O2/c1-10-2-3-11(4-7-16(19)20)8-13(10)12-5-6-14(17)15(18)9-12/h2-3,5-6,8-9H,4,7H2,1H3,(H,19,20). The fraction of sp³-hybridized carbons (Fsp3) is 0.188. The smallest absolute Gasteiger partial charge is 0.303 e. The van der Waals surface area contributed by atoms with Gasteiger partial charge in [-0.05, 0) is 47.7 Å². The summed E-state index contributed by atoms with van der Waals surface area (Å²) in [4.78, 5) is 10.6. The quantitative estimate of drug-likeness (QED) is 0.917. The van der Waals surface area contributed by atoms with E-state index in [2.05, 4.69) is 0 Å². The molecule has 0 heterocycles. The van der Waals surface area contributed by atoms with Gasteiger partial charge in [0.2, 0.25) is 0 Å². The molecule has 20 heavy (non-hydrogen) atoms. The number of hydrogen-bond acceptors (Lipinski definition) is 1. The third-order valence-electron chi connectivity index (χ3n) is 3.16. The van der Waals surface area contributed by atoms with Gasteiger partial charge in [-0.2, -0.15) is 0 Å². The van der Waals surface area contributed by atoms with Gasteiger partial charge in [0.1, 0.15) is 0 Å². The molecule has 2 aromatic carbocycles. The van der Waals surface area contributed by atoms with Crippen LogP contribution in [0.1, 0.15) is 17.5 Å². The summed E-state index contributed by atoms with van der Waals surface area (Å²) in [7, 11) is 0. The van der Waals surface area contributed by atoms with E-state index in [0.717, 1.165) is 28.8 Å². The molecular weight excluding hydrogens is 262 g/mol. The number of hydrogen-bond donors (Lipinski definition) is 1. The summed E-state index contributed by atoms with van der Waals surface area (Å²) in [5.41, 5.74) is 3.15. The maximum atomic E-state index is 13.3. The van der Waals surface area contributed by atoms with E-state index >= 15 is 0 Å². The number of aliphatic carboxylic acids is 1. The Morgan fingerprint density at radius 3 is 2.50 bits per heavy atom. The summed E-state index contributed by atoms with van der Waals surface area (Å²) in [5, 5.41) is 8.69. The van der Waals surface area contributed by atoms with Gasteiger partial charge in [0, 0.05) is 6.42 Å². The lowest BCUT2D eigenvalue weighted by Gasteiger charge is -2.09. The Kier molecular flexibility index (Phi) is 4.13. The molecule has 0 fully saturated rings. The van der Waals surface area contributed by atoms with Gasteiger partial charge in [-0.1, -0.05) is 24.3 Å². The van der Waals surface area contributed by atoms with Crippen LogP contribution >= 0.6 is 0 Å². The van der Waals surface area contributed by atoms with Gasteiger partial charge in [-0.3, -0.25) is 4.79 Å². The molecule has 1 N–H and O–H groups in total. The van der Waals surface area contributed by atoms with Gasteiger partial charge in [-0.15, -0.1) is 0 Å². The zero-order chi connectivity index (χ0) is 14.7. The van der Waals surface area contributed by atoms with E-state index in [9.17, 15) is 13.6 Å². The highest BCUT2D eigenvalue weighted by atomic mass is 19.2. The van der Waals surface area contributed by atoms with E-state index in [0.29, 0.717) is 12.0 Å². The minimum Gasteiger partial charge on any atom is -0.481 e. The summed E-state index contributed by atoms with van der Waals surface area (Å²) < 4.78 is 26.3. The van der Waals surface area contributed by atoms with Gasteiger partial charge in [0.25, 0.3) is 0 Å². The third-order valence-corrected chi connectivity index (χ3v) is 3.16. The Morgan fingerprint density at radius 1 is 1.10 bits per heavy atom. The first-order chi connectivity index (χ1) is 9.47. The lowest BCUT2D eigenvalue weighted by molar-refractivity contribution is -0.136. The largest absolute Gasteiger partial charge is 0.481 e. The molecule has 0 aromatic heterocycles. The molecule has 0 aliphatic heterocycles. The SMILES string of the molecule is Cc1ccc(CCC(=O)O)cc1-c1ccc(F)c(F)c1. The van der Waals surface area contributed by atoms with E-state index in [-0.39, 0.29) is 6.42 Å². The van der Waals surface area contributed by atoms with Gasteiger partial charge in [-0.25, -0.2) is 8.78 Å². The van der Waals surface area contributed by atoms with Crippen LogP contribution in [0.2, 0.25) is 0 Å². The minimum absolute atomic E-state index is 0.0419. The molecule has 4 heteroatoms. The van der Waals surface area contributed by atoms with E-state index in [1.807, 2.05) is 25.1 Å². The Hall–Kier alpha value is -2.23. The van der Waals surface area contributed by atoms with E-state index in [1.165, 1.54) is 6.07 Å². The highest BCUT2D eigenvalue weighted by Crippen LogP contribution is 2.26. The van der Waals surface area contributed by atoms with Crippen molar-refractivity contribution in [3.63, 3.8) is 0 Å². The first-order valence-corrected chi connectivity index (χ1v) is 6.24. The Balaban J connectivity index is 2.36. The minimum atomic E-state index is -0.891. The van der Waals surface area contributed by atoms with Crippen LogP contribution in [0.5, 0.6) is 0 Å². The fourth-order valence-electron chi connectivity index (χ4n) is 2.05. The van der Waals surface area contributed by atoms with Crippen molar-refractivity contribution in [2.75, 3.05) is 0 Å². The molecule has 0 saturated carbocycles. The van der Waals surface area contributed by atoms with Crippen molar-refractivity contribution < 1.29 is 18.7 Å². The molecule has 2 rings (SSSR count).